The van der Waals surface area contributed by atoms with Gasteiger partial charge in [-0.05, 0) is 13.0 Å². The van der Waals surface area contributed by atoms with E-state index in [1.165, 1.54) is 11.5 Å². The maximum absolute atomic E-state index is 11.8. The zero-order valence-electron chi connectivity index (χ0n) is 11.3. The monoisotopic (exact) mass is 304 g/mol. The summed E-state index contributed by atoms with van der Waals surface area (Å²) in [4.78, 5) is 17.9. The Labute approximate surface area is 121 Å². The van der Waals surface area contributed by atoms with Crippen LogP contribution < -0.4 is 5.32 Å². The van der Waals surface area contributed by atoms with Crippen molar-refractivity contribution in [1.82, 2.24) is 14.3 Å². The molecule has 1 heterocycles. The zero-order valence-corrected chi connectivity index (χ0v) is 12.9. The first-order valence-corrected chi connectivity index (χ1v) is 8.05. The Balaban J connectivity index is 2.40. The van der Waals surface area contributed by atoms with E-state index in [0.29, 0.717) is 16.8 Å². The van der Waals surface area contributed by atoms with Crippen LogP contribution in [0.25, 0.3) is 0 Å². The summed E-state index contributed by atoms with van der Waals surface area (Å²) in [5.74, 6) is 0.850. The first-order chi connectivity index (χ1) is 9.19. The topological polar surface area (TPSA) is 78.4 Å². The van der Waals surface area contributed by atoms with Gasteiger partial charge >= 0.3 is 0 Å². The van der Waals surface area contributed by atoms with Gasteiger partial charge in [-0.25, -0.2) is 0 Å². The summed E-state index contributed by atoms with van der Waals surface area (Å²) in [6.45, 7) is 5.58. The normalized spacial score (nSPS) is 10.9. The lowest BCUT2D eigenvalue weighted by molar-refractivity contribution is -0.117. The molecule has 0 atom stereocenters. The van der Waals surface area contributed by atoms with Crippen LogP contribution in [0.1, 0.15) is 20.3 Å². The van der Waals surface area contributed by atoms with E-state index in [-0.39, 0.29) is 19.1 Å². The van der Waals surface area contributed by atoms with Crippen molar-refractivity contribution in [1.29, 1.82) is 0 Å². The Morgan fingerprint density at radius 1 is 1.53 bits per heavy atom. The molecule has 1 rings (SSSR count). The third-order valence-electron chi connectivity index (χ3n) is 2.32. The first kappa shape index (κ1) is 16.4. The highest BCUT2D eigenvalue weighted by Gasteiger charge is 2.11. The second kappa shape index (κ2) is 9.24. The van der Waals surface area contributed by atoms with E-state index in [4.69, 9.17) is 5.11 Å². The number of nitrogens with one attached hydrogen (secondary N) is 1. The number of hydrogen-bond acceptors (Lipinski definition) is 7. The van der Waals surface area contributed by atoms with Gasteiger partial charge in [0.2, 0.25) is 16.2 Å². The lowest BCUT2D eigenvalue weighted by atomic mass is 10.4. The first-order valence-electron chi connectivity index (χ1n) is 6.29. The van der Waals surface area contributed by atoms with E-state index in [1.807, 2.05) is 11.8 Å². The number of anilines is 1. The number of amides is 1. The molecular weight excluding hydrogens is 284 g/mol. The smallest absolute Gasteiger partial charge is 0.240 e. The maximum Gasteiger partial charge on any atom is 0.240 e. The third kappa shape index (κ3) is 6.33. The molecule has 6 nitrogen and oxygen atoms in total. The molecule has 1 aromatic rings. The van der Waals surface area contributed by atoms with Crippen molar-refractivity contribution in [3.8, 4) is 0 Å². The Morgan fingerprint density at radius 2 is 2.32 bits per heavy atom. The largest absolute Gasteiger partial charge is 0.395 e. The number of aliphatic hydroxyl groups excluding tert-OH is 1. The van der Waals surface area contributed by atoms with E-state index in [0.717, 1.165) is 18.7 Å². The van der Waals surface area contributed by atoms with Crippen LogP contribution in [0.15, 0.2) is 5.16 Å². The van der Waals surface area contributed by atoms with Crippen molar-refractivity contribution in [2.24, 2.45) is 0 Å². The molecule has 0 aliphatic carbocycles. The average Bonchev–Trinajstić information content (AvgIpc) is 2.83. The van der Waals surface area contributed by atoms with Crippen molar-refractivity contribution >= 4 is 34.3 Å². The van der Waals surface area contributed by atoms with Crippen LogP contribution in [0.2, 0.25) is 0 Å². The zero-order chi connectivity index (χ0) is 14.1. The number of hydrogen-bond donors (Lipinski definition) is 2. The lowest BCUT2D eigenvalue weighted by Gasteiger charge is -2.17. The summed E-state index contributed by atoms with van der Waals surface area (Å²) >= 11 is 2.78. The molecule has 0 fully saturated rings. The van der Waals surface area contributed by atoms with Gasteiger partial charge in [-0.2, -0.15) is 9.36 Å². The van der Waals surface area contributed by atoms with Gasteiger partial charge in [0.05, 0.1) is 13.2 Å². The molecule has 0 saturated heterocycles. The summed E-state index contributed by atoms with van der Waals surface area (Å²) in [7, 11) is 0. The minimum atomic E-state index is -0.126. The highest BCUT2D eigenvalue weighted by molar-refractivity contribution is 7.99. The molecule has 1 amide bonds. The Bertz CT molecular complexity index is 387. The van der Waals surface area contributed by atoms with Gasteiger partial charge in [-0.15, -0.1) is 0 Å². The molecule has 0 aliphatic heterocycles. The Kier molecular flexibility index (Phi) is 7.96. The number of thioether (sulfide) groups is 1. The number of carbonyl (C=O) groups is 1. The number of aliphatic hydroxyl groups is 1. The molecule has 19 heavy (non-hydrogen) atoms. The van der Waals surface area contributed by atoms with Gasteiger partial charge in [0.15, 0.2) is 0 Å². The van der Waals surface area contributed by atoms with Crippen LogP contribution in [0.4, 0.5) is 5.13 Å². The average molecular weight is 304 g/mol. The van der Waals surface area contributed by atoms with Crippen molar-refractivity contribution in [2.75, 3.05) is 37.3 Å². The quantitative estimate of drug-likeness (QED) is 0.669. The minimum Gasteiger partial charge on any atom is -0.395 e. The lowest BCUT2D eigenvalue weighted by Crippen LogP contribution is -2.35. The minimum absolute atomic E-state index is 0.0533. The van der Waals surface area contributed by atoms with Crippen LogP contribution in [-0.2, 0) is 4.79 Å². The summed E-state index contributed by atoms with van der Waals surface area (Å²) in [6, 6.07) is 0. The molecule has 108 valence electrons. The van der Waals surface area contributed by atoms with E-state index >= 15 is 0 Å². The number of nitrogens with zero attached hydrogens (tertiary/aromatic N) is 3. The molecule has 0 radical (unpaired) electrons. The van der Waals surface area contributed by atoms with Crippen LogP contribution in [0.5, 0.6) is 0 Å². The fourth-order valence-corrected chi connectivity index (χ4v) is 2.78. The molecule has 0 unspecified atom stereocenters. The molecule has 1 aromatic heterocycles. The predicted octanol–water partition coefficient (Wildman–Crippen LogP) is 1.29. The maximum atomic E-state index is 11.8. The second-order valence-electron chi connectivity index (χ2n) is 3.87. The van der Waals surface area contributed by atoms with Gasteiger partial charge in [-0.3, -0.25) is 15.0 Å². The van der Waals surface area contributed by atoms with Crippen molar-refractivity contribution in [3.05, 3.63) is 0 Å². The predicted molar refractivity (Wildman–Crippen MR) is 78.8 cm³/mol. The van der Waals surface area contributed by atoms with E-state index in [9.17, 15) is 4.79 Å². The van der Waals surface area contributed by atoms with Gasteiger partial charge in [0.25, 0.3) is 0 Å². The van der Waals surface area contributed by atoms with Crippen molar-refractivity contribution < 1.29 is 9.90 Å². The van der Waals surface area contributed by atoms with E-state index in [2.05, 4.69) is 21.6 Å². The Hall–Kier alpha value is -0.700. The molecular formula is C11H20N4O2S2. The SMILES string of the molecule is CCCSc1nsc(NC(=O)CN(CC)CCO)n1. The van der Waals surface area contributed by atoms with Crippen LogP contribution in [0, 0.1) is 0 Å². The molecule has 0 saturated carbocycles. The number of likely N-dealkylation sites (N-methyl/N-ethyl adjacent to an activating group) is 1. The third-order valence-corrected chi connectivity index (χ3v) is 4.12. The second-order valence-corrected chi connectivity index (χ2v) is 5.69. The van der Waals surface area contributed by atoms with E-state index < -0.39 is 0 Å². The molecule has 2 N–H and O–H groups in total. The summed E-state index contributed by atoms with van der Waals surface area (Å²) in [5.41, 5.74) is 0. The fourth-order valence-electron chi connectivity index (χ4n) is 1.37. The van der Waals surface area contributed by atoms with Crippen molar-refractivity contribution in [2.45, 2.75) is 25.4 Å². The number of aromatic nitrogens is 2. The van der Waals surface area contributed by atoms with E-state index in [1.54, 1.807) is 11.8 Å². The van der Waals surface area contributed by atoms with Crippen molar-refractivity contribution in [3.63, 3.8) is 0 Å². The molecule has 0 aromatic carbocycles. The molecule has 8 heteroatoms. The molecule has 0 aliphatic rings. The fraction of sp³-hybridized carbons (Fsp3) is 0.727. The standard InChI is InChI=1S/C11H20N4O2S2/c1-3-7-18-11-13-10(19-14-11)12-9(17)8-15(4-2)5-6-16/h16H,3-8H2,1-2H3,(H,12,13,14,17). The highest BCUT2D eigenvalue weighted by atomic mass is 32.2. The van der Waals surface area contributed by atoms with Crippen LogP contribution >= 0.6 is 23.3 Å². The number of rotatable bonds is 9. The summed E-state index contributed by atoms with van der Waals surface area (Å²) in [5, 5.41) is 12.8. The molecule has 0 spiro atoms. The highest BCUT2D eigenvalue weighted by Crippen LogP contribution is 2.20. The van der Waals surface area contributed by atoms with Gasteiger partial charge in [0, 0.05) is 23.8 Å². The summed E-state index contributed by atoms with van der Waals surface area (Å²) in [6.07, 6.45) is 1.07. The number of carbonyl (C=O) groups excluding carboxylic acids is 1. The summed E-state index contributed by atoms with van der Waals surface area (Å²) < 4.78 is 4.17. The van der Waals surface area contributed by atoms with Gasteiger partial charge in [-0.1, -0.05) is 25.6 Å². The van der Waals surface area contributed by atoms with Gasteiger partial charge in [0.1, 0.15) is 0 Å². The van der Waals surface area contributed by atoms with Crippen LogP contribution in [0.3, 0.4) is 0 Å². The Morgan fingerprint density at radius 3 is 2.95 bits per heavy atom. The van der Waals surface area contributed by atoms with Gasteiger partial charge < -0.3 is 5.11 Å². The molecule has 0 bridgehead atoms. The van der Waals surface area contributed by atoms with Crippen LogP contribution in [-0.4, -0.2) is 57.3 Å².